The highest BCUT2D eigenvalue weighted by Gasteiger charge is 2.26. The van der Waals surface area contributed by atoms with Crippen molar-refractivity contribution < 1.29 is 9.18 Å². The van der Waals surface area contributed by atoms with E-state index in [1.807, 2.05) is 0 Å². The SMILES string of the molecule is Cc1nc2c(nnn2C[C@@H]2CCCN(C(=O)c3ccc(F)cc3)C2)c(=O)[nH]1. The highest BCUT2D eigenvalue weighted by Crippen LogP contribution is 2.21. The lowest BCUT2D eigenvalue weighted by Gasteiger charge is -2.32. The smallest absolute Gasteiger partial charge is 0.281 e. The van der Waals surface area contributed by atoms with E-state index in [1.54, 1.807) is 16.5 Å². The van der Waals surface area contributed by atoms with E-state index in [-0.39, 0.29) is 28.7 Å². The number of nitrogens with zero attached hydrogens (tertiary/aromatic N) is 5. The van der Waals surface area contributed by atoms with Crippen LogP contribution >= 0.6 is 0 Å². The van der Waals surface area contributed by atoms with E-state index >= 15 is 0 Å². The molecule has 1 saturated heterocycles. The van der Waals surface area contributed by atoms with E-state index < -0.39 is 0 Å². The average Bonchev–Trinajstić information content (AvgIpc) is 3.05. The number of aromatic nitrogens is 5. The molecule has 1 fully saturated rings. The number of halogens is 1. The van der Waals surface area contributed by atoms with E-state index in [2.05, 4.69) is 20.3 Å². The molecule has 0 spiro atoms. The van der Waals surface area contributed by atoms with Crippen LogP contribution in [0.2, 0.25) is 0 Å². The largest absolute Gasteiger partial charge is 0.338 e. The Bertz CT molecular complexity index is 1040. The second-order valence-corrected chi connectivity index (χ2v) is 6.86. The summed E-state index contributed by atoms with van der Waals surface area (Å²) in [6.07, 6.45) is 1.81. The second kappa shape index (κ2) is 6.90. The van der Waals surface area contributed by atoms with Crippen molar-refractivity contribution >= 4 is 17.1 Å². The van der Waals surface area contributed by atoms with Crippen molar-refractivity contribution in [2.24, 2.45) is 5.92 Å². The highest BCUT2D eigenvalue weighted by atomic mass is 19.1. The predicted molar refractivity (Wildman–Crippen MR) is 95.7 cm³/mol. The molecule has 3 heterocycles. The van der Waals surface area contributed by atoms with Gasteiger partial charge in [-0.3, -0.25) is 9.59 Å². The zero-order chi connectivity index (χ0) is 19.0. The van der Waals surface area contributed by atoms with Crippen LogP contribution in [0.3, 0.4) is 0 Å². The average molecular weight is 370 g/mol. The summed E-state index contributed by atoms with van der Waals surface area (Å²) in [5, 5.41) is 7.99. The van der Waals surface area contributed by atoms with Crippen molar-refractivity contribution in [2.45, 2.75) is 26.3 Å². The molecule has 1 N–H and O–H groups in total. The summed E-state index contributed by atoms with van der Waals surface area (Å²) in [6, 6.07) is 5.60. The number of benzene rings is 1. The molecule has 0 aliphatic carbocycles. The zero-order valence-electron chi connectivity index (χ0n) is 14.9. The van der Waals surface area contributed by atoms with Crippen LogP contribution in [0.1, 0.15) is 29.0 Å². The van der Waals surface area contributed by atoms with Crippen LogP contribution in [-0.4, -0.2) is 48.9 Å². The maximum absolute atomic E-state index is 13.1. The first-order valence-corrected chi connectivity index (χ1v) is 8.86. The number of aryl methyl sites for hydroxylation is 1. The number of nitrogens with one attached hydrogen (secondary N) is 1. The van der Waals surface area contributed by atoms with Gasteiger partial charge in [0.1, 0.15) is 11.6 Å². The number of carbonyl (C=O) groups is 1. The number of hydrogen-bond donors (Lipinski definition) is 1. The molecule has 140 valence electrons. The Balaban J connectivity index is 1.51. The molecule has 0 saturated carbocycles. The number of amides is 1. The first-order valence-electron chi connectivity index (χ1n) is 8.86. The van der Waals surface area contributed by atoms with Gasteiger partial charge in [0.15, 0.2) is 11.2 Å². The number of likely N-dealkylation sites (tertiary alicyclic amines) is 1. The van der Waals surface area contributed by atoms with Crippen LogP contribution in [0.4, 0.5) is 4.39 Å². The molecular weight excluding hydrogens is 351 g/mol. The molecule has 1 atom stereocenters. The Labute approximate surface area is 154 Å². The zero-order valence-corrected chi connectivity index (χ0v) is 14.9. The van der Waals surface area contributed by atoms with E-state index in [0.29, 0.717) is 36.7 Å². The highest BCUT2D eigenvalue weighted by molar-refractivity contribution is 5.94. The van der Waals surface area contributed by atoms with Gasteiger partial charge in [-0.2, -0.15) is 0 Å². The minimum absolute atomic E-state index is 0.103. The minimum atomic E-state index is -0.362. The van der Waals surface area contributed by atoms with Crippen LogP contribution in [0, 0.1) is 18.7 Å². The number of fused-ring (bicyclic) bond motifs is 1. The van der Waals surface area contributed by atoms with Crippen LogP contribution in [0.5, 0.6) is 0 Å². The molecule has 1 aliphatic rings. The maximum atomic E-state index is 13.1. The van der Waals surface area contributed by atoms with Gasteiger partial charge in [0, 0.05) is 25.2 Å². The number of H-pyrrole nitrogens is 1. The molecule has 3 aromatic rings. The van der Waals surface area contributed by atoms with Crippen molar-refractivity contribution in [3.05, 3.63) is 51.8 Å². The van der Waals surface area contributed by atoms with Crippen LogP contribution in [0.25, 0.3) is 11.2 Å². The van der Waals surface area contributed by atoms with Gasteiger partial charge >= 0.3 is 0 Å². The van der Waals surface area contributed by atoms with Crippen molar-refractivity contribution in [2.75, 3.05) is 13.1 Å². The van der Waals surface area contributed by atoms with Gasteiger partial charge in [0.25, 0.3) is 11.5 Å². The van der Waals surface area contributed by atoms with Crippen LogP contribution < -0.4 is 5.56 Å². The fourth-order valence-electron chi connectivity index (χ4n) is 3.52. The Hall–Kier alpha value is -3.10. The third kappa shape index (κ3) is 3.44. The lowest BCUT2D eigenvalue weighted by molar-refractivity contribution is 0.0660. The predicted octanol–water partition coefficient (Wildman–Crippen LogP) is 1.51. The molecule has 0 radical (unpaired) electrons. The third-order valence-corrected chi connectivity index (χ3v) is 4.82. The summed E-state index contributed by atoms with van der Waals surface area (Å²) < 4.78 is 14.7. The summed E-state index contributed by atoms with van der Waals surface area (Å²) in [6.45, 7) is 3.48. The second-order valence-electron chi connectivity index (χ2n) is 6.86. The van der Waals surface area contributed by atoms with E-state index in [4.69, 9.17) is 0 Å². The number of rotatable bonds is 3. The van der Waals surface area contributed by atoms with Gasteiger partial charge in [-0.05, 0) is 49.9 Å². The molecular formula is C18H19FN6O2. The first kappa shape index (κ1) is 17.3. The maximum Gasteiger partial charge on any atom is 0.281 e. The summed E-state index contributed by atoms with van der Waals surface area (Å²) in [7, 11) is 0. The molecule has 1 amide bonds. The van der Waals surface area contributed by atoms with Crippen molar-refractivity contribution in [1.29, 1.82) is 0 Å². The molecule has 2 aromatic heterocycles. The fraction of sp³-hybridized carbons (Fsp3) is 0.389. The van der Waals surface area contributed by atoms with Crippen LogP contribution in [0.15, 0.2) is 29.1 Å². The van der Waals surface area contributed by atoms with Gasteiger partial charge in [0.05, 0.1) is 0 Å². The molecule has 0 bridgehead atoms. The van der Waals surface area contributed by atoms with Gasteiger partial charge in [-0.25, -0.2) is 14.1 Å². The van der Waals surface area contributed by atoms with Crippen LogP contribution in [-0.2, 0) is 6.54 Å². The summed E-state index contributed by atoms with van der Waals surface area (Å²) in [4.78, 5) is 33.3. The molecule has 1 aromatic carbocycles. The molecule has 9 heteroatoms. The molecule has 8 nitrogen and oxygen atoms in total. The summed E-state index contributed by atoms with van der Waals surface area (Å²) >= 11 is 0. The van der Waals surface area contributed by atoms with E-state index in [1.165, 1.54) is 24.3 Å². The number of hydrogen-bond acceptors (Lipinski definition) is 5. The van der Waals surface area contributed by atoms with Gasteiger partial charge < -0.3 is 9.88 Å². The van der Waals surface area contributed by atoms with Crippen molar-refractivity contribution in [3.63, 3.8) is 0 Å². The molecule has 4 rings (SSSR count). The molecule has 27 heavy (non-hydrogen) atoms. The third-order valence-electron chi connectivity index (χ3n) is 4.82. The molecule has 0 unspecified atom stereocenters. The topological polar surface area (TPSA) is 96.8 Å². The normalized spacial score (nSPS) is 17.4. The Morgan fingerprint density at radius 2 is 2.11 bits per heavy atom. The monoisotopic (exact) mass is 370 g/mol. The quantitative estimate of drug-likeness (QED) is 0.754. The fourth-order valence-corrected chi connectivity index (χ4v) is 3.52. The van der Waals surface area contributed by atoms with Gasteiger partial charge in [-0.15, -0.1) is 5.10 Å². The van der Waals surface area contributed by atoms with Gasteiger partial charge in [-0.1, -0.05) is 5.21 Å². The first-order chi connectivity index (χ1) is 13.0. The lowest BCUT2D eigenvalue weighted by Crippen LogP contribution is -2.41. The van der Waals surface area contributed by atoms with Gasteiger partial charge in [0.2, 0.25) is 0 Å². The summed E-state index contributed by atoms with van der Waals surface area (Å²) in [5.41, 5.74) is 0.849. The number of aromatic amines is 1. The molecule has 1 aliphatic heterocycles. The number of piperidine rings is 1. The minimum Gasteiger partial charge on any atom is -0.338 e. The van der Waals surface area contributed by atoms with E-state index in [0.717, 1.165) is 12.8 Å². The Morgan fingerprint density at radius 3 is 2.89 bits per heavy atom. The number of carbonyl (C=O) groups excluding carboxylic acids is 1. The summed E-state index contributed by atoms with van der Waals surface area (Å²) in [5.74, 6) is 0.217. The van der Waals surface area contributed by atoms with Crippen molar-refractivity contribution in [3.8, 4) is 0 Å². The lowest BCUT2D eigenvalue weighted by atomic mass is 9.97. The van der Waals surface area contributed by atoms with Crippen molar-refractivity contribution in [1.82, 2.24) is 29.9 Å². The Morgan fingerprint density at radius 1 is 1.33 bits per heavy atom. The van der Waals surface area contributed by atoms with E-state index in [9.17, 15) is 14.0 Å². The standard InChI is InChI=1S/C18H19FN6O2/c1-11-20-16-15(17(26)21-11)22-23-25(16)10-12-3-2-8-24(9-12)18(27)13-4-6-14(19)7-5-13/h4-7,12H,2-3,8-10H2,1H3,(H,20,21,26)/t12-/m1/s1. The Kier molecular flexibility index (Phi) is 4.43.